The number of nitrogens with zero attached hydrogens (tertiary/aromatic N) is 2. The van der Waals surface area contributed by atoms with Crippen molar-refractivity contribution in [3.63, 3.8) is 0 Å². The summed E-state index contributed by atoms with van der Waals surface area (Å²) >= 11 is 7.51. The van der Waals surface area contributed by atoms with E-state index < -0.39 is 10.0 Å². The molecule has 3 rings (SSSR count). The van der Waals surface area contributed by atoms with Gasteiger partial charge in [-0.2, -0.15) is 9.40 Å². The van der Waals surface area contributed by atoms with Gasteiger partial charge in [-0.1, -0.05) is 11.6 Å². The zero-order valence-electron chi connectivity index (χ0n) is 12.3. The molecular formula is C14H18ClN3O2S2. The smallest absolute Gasteiger partial charge is 0.211 e. The molecule has 22 heavy (non-hydrogen) atoms. The van der Waals surface area contributed by atoms with Crippen molar-refractivity contribution in [3.8, 4) is 0 Å². The second-order valence-electron chi connectivity index (χ2n) is 5.56. The molecule has 5 nitrogen and oxygen atoms in total. The maximum atomic E-state index is 11.8. The number of aryl methyl sites for hydroxylation is 2. The molecule has 1 saturated heterocycles. The molecule has 0 radical (unpaired) electrons. The van der Waals surface area contributed by atoms with Crippen LogP contribution in [0.4, 0.5) is 0 Å². The summed E-state index contributed by atoms with van der Waals surface area (Å²) in [6.07, 6.45) is 4.72. The predicted molar refractivity (Wildman–Crippen MR) is 88.8 cm³/mol. The van der Waals surface area contributed by atoms with Crippen LogP contribution in [-0.2, 0) is 22.9 Å². The molecule has 1 N–H and O–H groups in total. The van der Waals surface area contributed by atoms with Crippen molar-refractivity contribution in [2.75, 3.05) is 12.8 Å². The van der Waals surface area contributed by atoms with Gasteiger partial charge < -0.3 is 0 Å². The Balaban J connectivity index is 1.68. The second-order valence-corrected chi connectivity index (χ2v) is 9.29. The first-order chi connectivity index (χ1) is 10.4. The lowest BCUT2D eigenvalue weighted by Gasteiger charge is -2.20. The maximum absolute atomic E-state index is 11.8. The lowest BCUT2D eigenvalue weighted by molar-refractivity contribution is 0.394. The molecule has 1 fully saturated rings. The van der Waals surface area contributed by atoms with Crippen molar-refractivity contribution < 1.29 is 8.42 Å². The molecule has 0 aromatic carbocycles. The van der Waals surface area contributed by atoms with Gasteiger partial charge in [0.1, 0.15) is 0 Å². The average Bonchev–Trinajstić information content (AvgIpc) is 3.15. The van der Waals surface area contributed by atoms with Gasteiger partial charge >= 0.3 is 0 Å². The summed E-state index contributed by atoms with van der Waals surface area (Å²) in [6.45, 7) is 0.583. The molecule has 0 aliphatic carbocycles. The molecule has 1 atom stereocenters. The van der Waals surface area contributed by atoms with Crippen LogP contribution in [0.15, 0.2) is 18.2 Å². The van der Waals surface area contributed by atoms with Crippen molar-refractivity contribution >= 4 is 33.0 Å². The minimum Gasteiger partial charge on any atom is -0.282 e. The highest BCUT2D eigenvalue weighted by Gasteiger charge is 2.33. The number of thiophene rings is 1. The van der Waals surface area contributed by atoms with Gasteiger partial charge in [-0.25, -0.2) is 8.42 Å². The van der Waals surface area contributed by atoms with Crippen LogP contribution < -0.4 is 0 Å². The Morgan fingerprint density at radius 2 is 2.27 bits per heavy atom. The van der Waals surface area contributed by atoms with Crippen molar-refractivity contribution in [1.82, 2.24) is 14.5 Å². The average molecular weight is 360 g/mol. The van der Waals surface area contributed by atoms with Crippen LogP contribution in [0.5, 0.6) is 0 Å². The van der Waals surface area contributed by atoms with E-state index in [0.717, 1.165) is 41.4 Å². The molecule has 120 valence electrons. The highest BCUT2D eigenvalue weighted by atomic mass is 35.5. The van der Waals surface area contributed by atoms with Gasteiger partial charge in [-0.15, -0.1) is 11.3 Å². The summed E-state index contributed by atoms with van der Waals surface area (Å²) in [4.78, 5) is 1.24. The standard InChI is InChI=1S/C14H18ClN3O2S2/c1-22(19,20)18-8-2-3-13(18)12-9-10(16-17-12)4-5-11-6-7-14(15)21-11/h6-7,9,13H,2-5,8H2,1H3,(H,16,17). The summed E-state index contributed by atoms with van der Waals surface area (Å²) in [5.74, 6) is 0. The monoisotopic (exact) mass is 359 g/mol. The molecule has 8 heteroatoms. The zero-order chi connectivity index (χ0) is 15.7. The van der Waals surface area contributed by atoms with Crippen LogP contribution in [0.1, 0.15) is 35.1 Å². The fraction of sp³-hybridized carbons (Fsp3) is 0.500. The summed E-state index contributed by atoms with van der Waals surface area (Å²) in [5, 5.41) is 7.36. The largest absolute Gasteiger partial charge is 0.282 e. The Bertz CT molecular complexity index is 754. The Kier molecular flexibility index (Phi) is 4.59. The van der Waals surface area contributed by atoms with E-state index in [2.05, 4.69) is 10.2 Å². The van der Waals surface area contributed by atoms with Gasteiger partial charge in [0, 0.05) is 17.1 Å². The van der Waals surface area contributed by atoms with Crippen LogP contribution in [0.2, 0.25) is 4.34 Å². The van der Waals surface area contributed by atoms with Gasteiger partial charge in [0.25, 0.3) is 0 Å². The Labute approximate surface area is 139 Å². The molecule has 0 amide bonds. The summed E-state index contributed by atoms with van der Waals surface area (Å²) in [5.41, 5.74) is 1.85. The van der Waals surface area contributed by atoms with E-state index in [4.69, 9.17) is 11.6 Å². The highest BCUT2D eigenvalue weighted by molar-refractivity contribution is 7.88. The van der Waals surface area contributed by atoms with Gasteiger partial charge in [-0.3, -0.25) is 5.10 Å². The fourth-order valence-electron chi connectivity index (χ4n) is 2.85. The molecular weight excluding hydrogens is 342 g/mol. The third-order valence-electron chi connectivity index (χ3n) is 3.89. The molecule has 1 aliphatic rings. The first kappa shape index (κ1) is 16.0. The van der Waals surface area contributed by atoms with Crippen molar-refractivity contribution in [2.45, 2.75) is 31.7 Å². The molecule has 1 aliphatic heterocycles. The van der Waals surface area contributed by atoms with E-state index >= 15 is 0 Å². The van der Waals surface area contributed by atoms with Gasteiger partial charge in [0.05, 0.1) is 22.3 Å². The Morgan fingerprint density at radius 1 is 1.45 bits per heavy atom. The normalized spacial score (nSPS) is 19.8. The Hall–Kier alpha value is -0.890. The van der Waals surface area contributed by atoms with Gasteiger partial charge in [0.15, 0.2) is 0 Å². The highest BCUT2D eigenvalue weighted by Crippen LogP contribution is 2.33. The molecule has 2 aromatic rings. The number of aromatic amines is 1. The zero-order valence-corrected chi connectivity index (χ0v) is 14.6. The minimum absolute atomic E-state index is 0.129. The van der Waals surface area contributed by atoms with E-state index in [1.165, 1.54) is 11.1 Å². The van der Waals surface area contributed by atoms with Crippen molar-refractivity contribution in [1.29, 1.82) is 0 Å². The Morgan fingerprint density at radius 3 is 2.95 bits per heavy atom. The quantitative estimate of drug-likeness (QED) is 0.892. The second kappa shape index (κ2) is 6.31. The number of hydrogen-bond acceptors (Lipinski definition) is 4. The summed E-state index contributed by atoms with van der Waals surface area (Å²) < 4.78 is 26.0. The third kappa shape index (κ3) is 3.53. The number of aromatic nitrogens is 2. The number of nitrogens with one attached hydrogen (secondary N) is 1. The van der Waals surface area contributed by atoms with Crippen LogP contribution >= 0.6 is 22.9 Å². The van der Waals surface area contributed by atoms with E-state index in [1.807, 2.05) is 18.2 Å². The van der Waals surface area contributed by atoms with Crippen molar-refractivity contribution in [2.24, 2.45) is 0 Å². The minimum atomic E-state index is -3.18. The van der Waals surface area contributed by atoms with E-state index in [1.54, 1.807) is 15.6 Å². The van der Waals surface area contributed by atoms with Crippen LogP contribution in [0.25, 0.3) is 0 Å². The van der Waals surface area contributed by atoms with Crippen molar-refractivity contribution in [3.05, 3.63) is 38.8 Å². The van der Waals surface area contributed by atoms with Crippen LogP contribution in [-0.4, -0.2) is 35.7 Å². The summed E-state index contributed by atoms with van der Waals surface area (Å²) in [7, 11) is -3.18. The molecule has 0 saturated carbocycles. The molecule has 1 unspecified atom stereocenters. The third-order valence-corrected chi connectivity index (χ3v) is 6.47. The van der Waals surface area contributed by atoms with E-state index in [0.29, 0.717) is 6.54 Å². The van der Waals surface area contributed by atoms with Crippen LogP contribution in [0, 0.1) is 0 Å². The topological polar surface area (TPSA) is 66.1 Å². The number of H-pyrrole nitrogens is 1. The van der Waals surface area contributed by atoms with E-state index in [-0.39, 0.29) is 6.04 Å². The molecule has 0 spiro atoms. The molecule has 0 bridgehead atoms. The SMILES string of the molecule is CS(=O)(=O)N1CCCC1c1cc(CCc2ccc(Cl)s2)[nH]n1. The maximum Gasteiger partial charge on any atom is 0.211 e. The first-order valence-electron chi connectivity index (χ1n) is 7.19. The van der Waals surface area contributed by atoms with Gasteiger partial charge in [-0.05, 0) is 43.9 Å². The van der Waals surface area contributed by atoms with Crippen LogP contribution in [0.3, 0.4) is 0 Å². The van der Waals surface area contributed by atoms with Gasteiger partial charge in [0.2, 0.25) is 10.0 Å². The number of sulfonamides is 1. The molecule has 2 aromatic heterocycles. The predicted octanol–water partition coefficient (Wildman–Crippen LogP) is 3.01. The fourth-order valence-corrected chi connectivity index (χ4v) is 5.08. The summed E-state index contributed by atoms with van der Waals surface area (Å²) in [6, 6.07) is 5.80. The lowest BCUT2D eigenvalue weighted by Crippen LogP contribution is -2.29. The van der Waals surface area contributed by atoms with E-state index in [9.17, 15) is 8.42 Å². The lowest BCUT2D eigenvalue weighted by atomic mass is 10.1. The number of halogens is 1. The number of hydrogen-bond donors (Lipinski definition) is 1. The molecule has 3 heterocycles. The first-order valence-corrected chi connectivity index (χ1v) is 10.2. The number of rotatable bonds is 5.